The molecule has 0 bridgehead atoms. The second kappa shape index (κ2) is 7.42. The minimum atomic E-state index is -0.451. The van der Waals surface area contributed by atoms with Gasteiger partial charge < -0.3 is 14.7 Å². The van der Waals surface area contributed by atoms with Gasteiger partial charge in [0.05, 0.1) is 6.04 Å². The van der Waals surface area contributed by atoms with Crippen LogP contribution in [0.1, 0.15) is 42.4 Å². The van der Waals surface area contributed by atoms with Crippen molar-refractivity contribution in [2.75, 3.05) is 7.05 Å². The van der Waals surface area contributed by atoms with E-state index in [0.29, 0.717) is 17.3 Å². The van der Waals surface area contributed by atoms with Crippen molar-refractivity contribution in [1.82, 2.24) is 20.4 Å². The summed E-state index contributed by atoms with van der Waals surface area (Å²) in [6.45, 7) is 1.79. The summed E-state index contributed by atoms with van der Waals surface area (Å²) in [5.41, 5.74) is 3.14. The van der Waals surface area contributed by atoms with Crippen LogP contribution >= 0.6 is 0 Å². The van der Waals surface area contributed by atoms with E-state index in [1.807, 2.05) is 12.1 Å². The molecule has 3 aromatic rings. The number of urea groups is 1. The van der Waals surface area contributed by atoms with E-state index < -0.39 is 6.04 Å². The molecule has 6 nitrogen and oxygen atoms in total. The van der Waals surface area contributed by atoms with Gasteiger partial charge >= 0.3 is 6.03 Å². The van der Waals surface area contributed by atoms with Gasteiger partial charge in [-0.15, -0.1) is 0 Å². The van der Waals surface area contributed by atoms with Crippen molar-refractivity contribution >= 4 is 6.03 Å². The lowest BCUT2D eigenvalue weighted by Crippen LogP contribution is -2.40. The predicted octanol–water partition coefficient (Wildman–Crippen LogP) is 4.27. The molecule has 1 N–H and O–H groups in total. The summed E-state index contributed by atoms with van der Waals surface area (Å²) in [5.74, 6) is 0.326. The molecule has 0 saturated carbocycles. The van der Waals surface area contributed by atoms with E-state index in [0.717, 1.165) is 12.8 Å². The van der Waals surface area contributed by atoms with Crippen molar-refractivity contribution < 1.29 is 13.7 Å². The molecule has 0 aliphatic heterocycles. The summed E-state index contributed by atoms with van der Waals surface area (Å²) in [7, 11) is 1.80. The second-order valence-electron chi connectivity index (χ2n) is 7.00. The molecular formula is C21H21FN4O2. The monoisotopic (exact) mass is 380 g/mol. The molecule has 0 fully saturated rings. The van der Waals surface area contributed by atoms with Gasteiger partial charge in [-0.25, -0.2) is 9.18 Å². The van der Waals surface area contributed by atoms with E-state index in [1.54, 1.807) is 31.0 Å². The van der Waals surface area contributed by atoms with E-state index in [-0.39, 0.29) is 17.9 Å². The zero-order valence-corrected chi connectivity index (χ0v) is 15.7. The van der Waals surface area contributed by atoms with Crippen LogP contribution in [0.15, 0.2) is 53.1 Å². The average molecular weight is 380 g/mol. The van der Waals surface area contributed by atoms with Gasteiger partial charge in [-0.05, 0) is 55.2 Å². The van der Waals surface area contributed by atoms with Crippen molar-refractivity contribution in [2.24, 2.45) is 0 Å². The van der Waals surface area contributed by atoms with E-state index in [4.69, 9.17) is 4.52 Å². The Hall–Kier alpha value is -3.22. The number of carbonyl (C=O) groups excluding carboxylic acids is 1. The summed E-state index contributed by atoms with van der Waals surface area (Å²) in [5, 5.41) is 6.83. The van der Waals surface area contributed by atoms with E-state index in [1.165, 1.54) is 23.3 Å². The Bertz CT molecular complexity index is 986. The molecule has 0 spiro atoms. The fourth-order valence-corrected chi connectivity index (χ4v) is 3.55. The Morgan fingerprint density at radius 2 is 2.00 bits per heavy atom. The number of rotatable bonds is 4. The van der Waals surface area contributed by atoms with Gasteiger partial charge in [-0.2, -0.15) is 4.98 Å². The van der Waals surface area contributed by atoms with Crippen LogP contribution in [0.25, 0.3) is 11.4 Å². The molecule has 1 aliphatic rings. The van der Waals surface area contributed by atoms with Gasteiger partial charge in [-0.1, -0.05) is 29.4 Å². The zero-order chi connectivity index (χ0) is 19.7. The van der Waals surface area contributed by atoms with Crippen molar-refractivity contribution in [3.05, 3.63) is 71.4 Å². The molecule has 28 heavy (non-hydrogen) atoms. The fraction of sp³-hybridized carbons (Fsp3) is 0.286. The van der Waals surface area contributed by atoms with Gasteiger partial charge in [-0.3, -0.25) is 0 Å². The largest absolute Gasteiger partial charge is 0.337 e. The number of benzene rings is 2. The number of aryl methyl sites for hydroxylation is 1. The third kappa shape index (κ3) is 3.47. The number of nitrogens with zero attached hydrogens (tertiary/aromatic N) is 3. The van der Waals surface area contributed by atoms with Gasteiger partial charge in [0, 0.05) is 12.6 Å². The predicted molar refractivity (Wildman–Crippen MR) is 102 cm³/mol. The molecule has 0 saturated heterocycles. The standard InChI is InChI=1S/C21H21FN4O2/c1-13(20-24-19(25-28-20)15-7-10-16(22)11-8-15)23-21(27)26(2)18-12-9-14-5-3-4-6-17(14)18/h3-8,10-11,13,18H,9,12H2,1-2H3,(H,23,27)/t13-,18+/m0/s1. The van der Waals surface area contributed by atoms with Crippen LogP contribution in [-0.2, 0) is 6.42 Å². The number of fused-ring (bicyclic) bond motifs is 1. The maximum atomic E-state index is 13.1. The Balaban J connectivity index is 1.43. The summed E-state index contributed by atoms with van der Waals surface area (Å²) < 4.78 is 18.3. The lowest BCUT2D eigenvalue weighted by molar-refractivity contribution is 0.184. The summed E-state index contributed by atoms with van der Waals surface area (Å²) in [4.78, 5) is 18.8. The topological polar surface area (TPSA) is 71.3 Å². The minimum absolute atomic E-state index is 0.0564. The van der Waals surface area contributed by atoms with E-state index in [2.05, 4.69) is 27.6 Å². The molecule has 1 aromatic heterocycles. The van der Waals surface area contributed by atoms with Crippen molar-refractivity contribution in [2.45, 2.75) is 31.8 Å². The number of halogens is 1. The second-order valence-corrected chi connectivity index (χ2v) is 7.00. The van der Waals surface area contributed by atoms with Crippen molar-refractivity contribution in [3.8, 4) is 11.4 Å². The molecule has 4 rings (SSSR count). The third-order valence-corrected chi connectivity index (χ3v) is 5.14. The van der Waals surface area contributed by atoms with Crippen molar-refractivity contribution in [3.63, 3.8) is 0 Å². The zero-order valence-electron chi connectivity index (χ0n) is 15.7. The van der Waals surface area contributed by atoms with Gasteiger partial charge in [0.1, 0.15) is 11.9 Å². The lowest BCUT2D eigenvalue weighted by atomic mass is 10.1. The quantitative estimate of drug-likeness (QED) is 0.734. The first-order valence-electron chi connectivity index (χ1n) is 9.23. The number of aromatic nitrogens is 2. The SMILES string of the molecule is C[C@H](NC(=O)N(C)[C@@H]1CCc2ccccc21)c1nc(-c2ccc(F)cc2)no1. The first kappa shape index (κ1) is 18.2. The highest BCUT2D eigenvalue weighted by Gasteiger charge is 2.29. The number of nitrogens with one attached hydrogen (secondary N) is 1. The van der Waals surface area contributed by atoms with Gasteiger partial charge in [0.2, 0.25) is 11.7 Å². The number of hydrogen-bond donors (Lipinski definition) is 1. The number of amides is 2. The maximum Gasteiger partial charge on any atom is 0.318 e. The van der Waals surface area contributed by atoms with Crippen LogP contribution in [0.5, 0.6) is 0 Å². The molecular weight excluding hydrogens is 359 g/mol. The van der Waals surface area contributed by atoms with Gasteiger partial charge in [0.15, 0.2) is 0 Å². The Kier molecular flexibility index (Phi) is 4.81. The molecule has 0 unspecified atom stereocenters. The van der Waals surface area contributed by atoms with Crippen LogP contribution in [0.4, 0.5) is 9.18 Å². The molecule has 0 radical (unpaired) electrons. The minimum Gasteiger partial charge on any atom is -0.337 e. The van der Waals surface area contributed by atoms with Crippen LogP contribution in [0, 0.1) is 5.82 Å². The fourth-order valence-electron chi connectivity index (χ4n) is 3.55. The molecule has 2 atom stereocenters. The van der Waals surface area contributed by atoms with E-state index >= 15 is 0 Å². The molecule has 7 heteroatoms. The number of carbonyl (C=O) groups is 1. The molecule has 1 aliphatic carbocycles. The molecule has 144 valence electrons. The Morgan fingerprint density at radius 1 is 1.25 bits per heavy atom. The van der Waals surface area contributed by atoms with Gasteiger partial charge in [0.25, 0.3) is 0 Å². The first-order valence-corrected chi connectivity index (χ1v) is 9.23. The van der Waals surface area contributed by atoms with Crippen LogP contribution in [0.3, 0.4) is 0 Å². The van der Waals surface area contributed by atoms with Crippen LogP contribution < -0.4 is 5.32 Å². The summed E-state index contributed by atoms with van der Waals surface area (Å²) in [6.07, 6.45) is 1.88. The normalized spacial score (nSPS) is 16.5. The highest BCUT2D eigenvalue weighted by atomic mass is 19.1. The maximum absolute atomic E-state index is 13.1. The summed E-state index contributed by atoms with van der Waals surface area (Å²) >= 11 is 0. The molecule has 2 aromatic carbocycles. The van der Waals surface area contributed by atoms with E-state index in [9.17, 15) is 9.18 Å². The highest BCUT2D eigenvalue weighted by Crippen LogP contribution is 2.34. The molecule has 2 amide bonds. The number of hydrogen-bond acceptors (Lipinski definition) is 4. The molecule has 1 heterocycles. The van der Waals surface area contributed by atoms with Crippen LogP contribution in [0.2, 0.25) is 0 Å². The Labute approximate surface area is 162 Å². The first-order chi connectivity index (χ1) is 13.5. The van der Waals surface area contributed by atoms with Crippen molar-refractivity contribution in [1.29, 1.82) is 0 Å². The average Bonchev–Trinajstić information content (AvgIpc) is 3.35. The Morgan fingerprint density at radius 3 is 2.79 bits per heavy atom. The summed E-state index contributed by atoms with van der Waals surface area (Å²) in [6, 6.07) is 13.5. The smallest absolute Gasteiger partial charge is 0.318 e. The van der Waals surface area contributed by atoms with Crippen LogP contribution in [-0.4, -0.2) is 28.1 Å². The third-order valence-electron chi connectivity index (χ3n) is 5.14. The lowest BCUT2D eigenvalue weighted by Gasteiger charge is -2.26. The highest BCUT2D eigenvalue weighted by molar-refractivity contribution is 5.75.